The third kappa shape index (κ3) is 3.64. The molecule has 0 bridgehead atoms. The summed E-state index contributed by atoms with van der Waals surface area (Å²) in [6.07, 6.45) is -6.19. The molecular weight excluding hydrogens is 224 g/mol. The SMILES string of the molecule is Cc1ccc(F)cc1C(=O)CCC(F)(F)F. The highest BCUT2D eigenvalue weighted by Gasteiger charge is 2.28. The van der Waals surface area contributed by atoms with Crippen LogP contribution >= 0.6 is 0 Å². The summed E-state index contributed by atoms with van der Waals surface area (Å²) in [5, 5.41) is 0. The molecule has 16 heavy (non-hydrogen) atoms. The fourth-order valence-corrected chi connectivity index (χ4v) is 1.28. The Bertz CT molecular complexity index is 395. The molecule has 5 heteroatoms. The van der Waals surface area contributed by atoms with Gasteiger partial charge in [-0.05, 0) is 24.6 Å². The number of benzene rings is 1. The minimum absolute atomic E-state index is 0.0178. The van der Waals surface area contributed by atoms with Crippen molar-refractivity contribution in [2.45, 2.75) is 25.9 Å². The van der Waals surface area contributed by atoms with E-state index in [0.29, 0.717) is 5.56 Å². The van der Waals surface area contributed by atoms with Crippen molar-refractivity contribution < 1.29 is 22.4 Å². The van der Waals surface area contributed by atoms with Crippen LogP contribution in [-0.4, -0.2) is 12.0 Å². The fourth-order valence-electron chi connectivity index (χ4n) is 1.28. The Morgan fingerprint density at radius 3 is 2.50 bits per heavy atom. The van der Waals surface area contributed by atoms with Gasteiger partial charge in [0, 0.05) is 12.0 Å². The van der Waals surface area contributed by atoms with Gasteiger partial charge >= 0.3 is 6.18 Å². The first-order chi connectivity index (χ1) is 7.29. The number of carbonyl (C=O) groups is 1. The van der Waals surface area contributed by atoms with Crippen LogP contribution in [-0.2, 0) is 0 Å². The number of Topliss-reactive ketones (excluding diaryl/α,β-unsaturated/α-hetero) is 1. The summed E-state index contributed by atoms with van der Waals surface area (Å²) in [4.78, 5) is 11.4. The van der Waals surface area contributed by atoms with Crippen molar-refractivity contribution >= 4 is 5.78 Å². The van der Waals surface area contributed by atoms with E-state index in [0.717, 1.165) is 12.1 Å². The first kappa shape index (κ1) is 12.7. The predicted molar refractivity (Wildman–Crippen MR) is 50.8 cm³/mol. The molecule has 0 aliphatic rings. The topological polar surface area (TPSA) is 17.1 Å². The minimum atomic E-state index is -4.36. The van der Waals surface area contributed by atoms with Crippen molar-refractivity contribution in [3.05, 3.63) is 35.1 Å². The molecule has 0 radical (unpaired) electrons. The molecule has 0 unspecified atom stereocenters. The second-order valence-electron chi connectivity index (χ2n) is 3.50. The molecule has 0 heterocycles. The summed E-state index contributed by atoms with van der Waals surface area (Å²) in [6.45, 7) is 1.56. The lowest BCUT2D eigenvalue weighted by Crippen LogP contribution is -2.11. The molecule has 0 fully saturated rings. The van der Waals surface area contributed by atoms with Crippen LogP contribution in [0.4, 0.5) is 17.6 Å². The average molecular weight is 234 g/mol. The predicted octanol–water partition coefficient (Wildman–Crippen LogP) is 3.66. The zero-order chi connectivity index (χ0) is 12.3. The lowest BCUT2D eigenvalue weighted by Gasteiger charge is -2.07. The number of carbonyl (C=O) groups excluding carboxylic acids is 1. The molecule has 0 N–H and O–H groups in total. The number of halogens is 4. The number of ketones is 1. The second-order valence-corrected chi connectivity index (χ2v) is 3.50. The van der Waals surface area contributed by atoms with Gasteiger partial charge in [0.25, 0.3) is 0 Å². The quantitative estimate of drug-likeness (QED) is 0.576. The normalized spacial score (nSPS) is 11.6. The molecule has 0 saturated heterocycles. The van der Waals surface area contributed by atoms with Crippen molar-refractivity contribution in [2.24, 2.45) is 0 Å². The van der Waals surface area contributed by atoms with Crippen molar-refractivity contribution in [1.82, 2.24) is 0 Å². The van der Waals surface area contributed by atoms with Crippen molar-refractivity contribution in [3.63, 3.8) is 0 Å². The fraction of sp³-hybridized carbons (Fsp3) is 0.364. The van der Waals surface area contributed by atoms with Gasteiger partial charge in [0.2, 0.25) is 0 Å². The van der Waals surface area contributed by atoms with Gasteiger partial charge in [0.15, 0.2) is 5.78 Å². The highest BCUT2D eigenvalue weighted by atomic mass is 19.4. The Labute approximate surface area is 90.1 Å². The summed E-state index contributed by atoms with van der Waals surface area (Å²) in [6, 6.07) is 3.50. The molecular formula is C11H10F4O. The van der Waals surface area contributed by atoms with Gasteiger partial charge in [0.1, 0.15) is 5.82 Å². The van der Waals surface area contributed by atoms with Gasteiger partial charge in [-0.3, -0.25) is 4.79 Å². The van der Waals surface area contributed by atoms with Crippen LogP contribution in [0.2, 0.25) is 0 Å². The van der Waals surface area contributed by atoms with Gasteiger partial charge < -0.3 is 0 Å². The van der Waals surface area contributed by atoms with E-state index in [4.69, 9.17) is 0 Å². The highest BCUT2D eigenvalue weighted by molar-refractivity contribution is 5.97. The lowest BCUT2D eigenvalue weighted by atomic mass is 10.0. The number of alkyl halides is 3. The van der Waals surface area contributed by atoms with Gasteiger partial charge in [-0.1, -0.05) is 6.07 Å². The van der Waals surface area contributed by atoms with Crippen molar-refractivity contribution in [3.8, 4) is 0 Å². The Kier molecular flexibility index (Phi) is 3.67. The van der Waals surface area contributed by atoms with E-state index in [1.54, 1.807) is 6.92 Å². The molecule has 1 rings (SSSR count). The van der Waals surface area contributed by atoms with Crippen LogP contribution in [0.15, 0.2) is 18.2 Å². The first-order valence-corrected chi connectivity index (χ1v) is 4.66. The van der Waals surface area contributed by atoms with Crippen LogP contribution in [0.1, 0.15) is 28.8 Å². The van der Waals surface area contributed by atoms with E-state index in [1.165, 1.54) is 6.07 Å². The second kappa shape index (κ2) is 4.63. The summed E-state index contributed by atoms with van der Waals surface area (Å²) >= 11 is 0. The maximum atomic E-state index is 12.8. The largest absolute Gasteiger partial charge is 0.389 e. The number of hydrogen-bond acceptors (Lipinski definition) is 1. The molecule has 88 valence electrons. The van der Waals surface area contributed by atoms with Crippen LogP contribution < -0.4 is 0 Å². The Morgan fingerprint density at radius 2 is 1.94 bits per heavy atom. The van der Waals surface area contributed by atoms with Crippen molar-refractivity contribution in [1.29, 1.82) is 0 Å². The molecule has 0 amide bonds. The van der Waals surface area contributed by atoms with Crippen molar-refractivity contribution in [2.75, 3.05) is 0 Å². The van der Waals surface area contributed by atoms with Crippen LogP contribution in [0.25, 0.3) is 0 Å². The molecule has 0 spiro atoms. The molecule has 1 aromatic carbocycles. The molecule has 0 aliphatic carbocycles. The molecule has 0 atom stereocenters. The van der Waals surface area contributed by atoms with Gasteiger partial charge in [-0.25, -0.2) is 4.39 Å². The van der Waals surface area contributed by atoms with Crippen LogP contribution in [0, 0.1) is 12.7 Å². The van der Waals surface area contributed by atoms with Gasteiger partial charge in [-0.2, -0.15) is 13.2 Å². The summed E-state index contributed by atoms with van der Waals surface area (Å²) in [7, 11) is 0. The van der Waals surface area contributed by atoms with Gasteiger partial charge in [0.05, 0.1) is 6.42 Å². The summed E-state index contributed by atoms with van der Waals surface area (Å²) in [5.41, 5.74) is 0.498. The molecule has 1 nitrogen and oxygen atoms in total. The van der Waals surface area contributed by atoms with Crippen LogP contribution in [0.3, 0.4) is 0 Å². The number of aryl methyl sites for hydroxylation is 1. The molecule has 0 aliphatic heterocycles. The monoisotopic (exact) mass is 234 g/mol. The molecule has 0 saturated carbocycles. The van der Waals surface area contributed by atoms with E-state index < -0.39 is 30.6 Å². The number of rotatable bonds is 3. The zero-order valence-corrected chi connectivity index (χ0v) is 8.57. The van der Waals surface area contributed by atoms with E-state index >= 15 is 0 Å². The van der Waals surface area contributed by atoms with E-state index in [9.17, 15) is 22.4 Å². The van der Waals surface area contributed by atoms with E-state index in [-0.39, 0.29) is 5.56 Å². The van der Waals surface area contributed by atoms with Gasteiger partial charge in [-0.15, -0.1) is 0 Å². The minimum Gasteiger partial charge on any atom is -0.294 e. The summed E-state index contributed by atoms with van der Waals surface area (Å²) < 4.78 is 48.5. The smallest absolute Gasteiger partial charge is 0.294 e. The van der Waals surface area contributed by atoms with Crippen LogP contribution in [0.5, 0.6) is 0 Å². The highest BCUT2D eigenvalue weighted by Crippen LogP contribution is 2.23. The zero-order valence-electron chi connectivity index (χ0n) is 8.57. The number of hydrogen-bond donors (Lipinski definition) is 0. The molecule has 1 aromatic rings. The molecule has 0 aromatic heterocycles. The van der Waals surface area contributed by atoms with E-state index in [2.05, 4.69) is 0 Å². The third-order valence-corrected chi connectivity index (χ3v) is 2.14. The lowest BCUT2D eigenvalue weighted by molar-refractivity contribution is -0.133. The Balaban J connectivity index is 2.77. The maximum Gasteiger partial charge on any atom is 0.389 e. The maximum absolute atomic E-state index is 12.8. The summed E-state index contributed by atoms with van der Waals surface area (Å²) in [5.74, 6) is -1.31. The third-order valence-electron chi connectivity index (χ3n) is 2.14. The Morgan fingerprint density at radius 1 is 1.31 bits per heavy atom. The van der Waals surface area contributed by atoms with E-state index in [1.807, 2.05) is 0 Å². The Hall–Kier alpha value is -1.39. The average Bonchev–Trinajstić information content (AvgIpc) is 2.17. The standard InChI is InChI=1S/C11H10F4O/c1-7-2-3-8(12)6-9(7)10(16)4-5-11(13,14)15/h2-3,6H,4-5H2,1H3. The first-order valence-electron chi connectivity index (χ1n) is 4.66.